The van der Waals surface area contributed by atoms with Crippen molar-refractivity contribution < 1.29 is 37.9 Å². The smallest absolute Gasteiger partial charge is 0.462 e. The summed E-state index contributed by atoms with van der Waals surface area (Å²) < 4.78 is 26.4. The van der Waals surface area contributed by atoms with E-state index in [1.807, 2.05) is 0 Å². The molecule has 0 aromatic heterocycles. The van der Waals surface area contributed by atoms with Gasteiger partial charge >= 0.3 is 19.8 Å². The molecule has 0 unspecified atom stereocenters. The molecule has 9 heteroatoms. The van der Waals surface area contributed by atoms with Crippen LogP contribution in [0.5, 0.6) is 0 Å². The molecule has 0 aromatic carbocycles. The Morgan fingerprint density at radius 2 is 0.808 bits per heavy atom. The van der Waals surface area contributed by atoms with Crippen LogP contribution in [-0.4, -0.2) is 41.0 Å². The highest BCUT2D eigenvalue weighted by Crippen LogP contribution is 2.36. The van der Waals surface area contributed by atoms with Crippen LogP contribution >= 0.6 is 7.82 Å². The molecule has 52 heavy (non-hydrogen) atoms. The van der Waals surface area contributed by atoms with Crippen LogP contribution in [0.4, 0.5) is 0 Å². The zero-order chi connectivity index (χ0) is 38.4. The highest BCUT2D eigenvalue weighted by Gasteiger charge is 2.23. The predicted octanol–water partition coefficient (Wildman–Crippen LogP) is 13.5. The van der Waals surface area contributed by atoms with Gasteiger partial charge in [0.1, 0.15) is 6.61 Å². The van der Waals surface area contributed by atoms with Gasteiger partial charge in [0, 0.05) is 12.8 Å². The van der Waals surface area contributed by atoms with Crippen molar-refractivity contribution in [1.29, 1.82) is 0 Å². The van der Waals surface area contributed by atoms with Crippen LogP contribution in [0, 0.1) is 5.92 Å². The minimum absolute atomic E-state index is 0.220. The van der Waals surface area contributed by atoms with Crippen molar-refractivity contribution in [2.45, 2.75) is 245 Å². The Kier molecular flexibility index (Phi) is 37.6. The third-order valence-electron chi connectivity index (χ3n) is 10.1. The van der Waals surface area contributed by atoms with Crippen molar-refractivity contribution in [1.82, 2.24) is 0 Å². The van der Waals surface area contributed by atoms with Crippen LogP contribution in [0.25, 0.3) is 0 Å². The summed E-state index contributed by atoms with van der Waals surface area (Å²) in [6.45, 7) is 6.07. The van der Waals surface area contributed by atoms with Gasteiger partial charge in [-0.2, -0.15) is 0 Å². The molecular formula is C43H85O8P. The Labute approximate surface area is 321 Å². The molecule has 0 aliphatic carbocycles. The molecule has 2 N–H and O–H groups in total. The Bertz CT molecular complexity index is 830. The molecule has 0 spiro atoms. The summed E-state index contributed by atoms with van der Waals surface area (Å²) in [7, 11) is -4.75. The molecular weight excluding hydrogens is 675 g/mol. The molecule has 0 radical (unpaired) electrons. The highest BCUT2D eigenvalue weighted by molar-refractivity contribution is 7.46. The summed E-state index contributed by atoms with van der Waals surface area (Å²) in [6, 6.07) is 0. The molecule has 310 valence electrons. The quantitative estimate of drug-likeness (QED) is 0.0359. The molecule has 0 aromatic rings. The lowest BCUT2D eigenvalue weighted by Crippen LogP contribution is -2.29. The zero-order valence-corrected chi connectivity index (χ0v) is 35.3. The molecule has 0 amide bonds. The topological polar surface area (TPSA) is 119 Å². The van der Waals surface area contributed by atoms with Gasteiger partial charge < -0.3 is 19.3 Å². The van der Waals surface area contributed by atoms with Gasteiger partial charge in [-0.1, -0.05) is 213 Å². The molecule has 8 nitrogen and oxygen atoms in total. The van der Waals surface area contributed by atoms with Gasteiger partial charge in [0.15, 0.2) is 6.10 Å². The maximum atomic E-state index is 12.4. The Balaban J connectivity index is 3.83. The first-order valence-corrected chi connectivity index (χ1v) is 23.7. The average molecular weight is 761 g/mol. The zero-order valence-electron chi connectivity index (χ0n) is 34.4. The van der Waals surface area contributed by atoms with E-state index in [9.17, 15) is 14.2 Å². The summed E-state index contributed by atoms with van der Waals surface area (Å²) in [4.78, 5) is 42.9. The molecule has 0 saturated carbocycles. The fraction of sp³-hybridized carbons (Fsp3) is 0.953. The van der Waals surface area contributed by atoms with E-state index in [4.69, 9.17) is 19.3 Å². The van der Waals surface area contributed by atoms with E-state index < -0.39 is 32.5 Å². The molecule has 0 bridgehead atoms. The lowest BCUT2D eigenvalue weighted by Gasteiger charge is -2.18. The largest absolute Gasteiger partial charge is 0.469 e. The van der Waals surface area contributed by atoms with E-state index in [0.29, 0.717) is 6.42 Å². The maximum absolute atomic E-state index is 12.4. The van der Waals surface area contributed by atoms with Crippen molar-refractivity contribution in [2.75, 3.05) is 13.2 Å². The summed E-state index contributed by atoms with van der Waals surface area (Å²) in [6.07, 6.45) is 39.7. The SMILES string of the molecule is CCCCCCCCCCCCCCCCCCC(=O)OC[C@H](COP(=O)(O)O)OC(=O)CCCCCCCCCCCCCCCCCC(C)C. The summed E-state index contributed by atoms with van der Waals surface area (Å²) in [5, 5.41) is 0. The number of phosphoric acid groups is 1. The van der Waals surface area contributed by atoms with Crippen molar-refractivity contribution >= 4 is 19.8 Å². The summed E-state index contributed by atoms with van der Waals surface area (Å²) in [5.41, 5.74) is 0. The number of unbranched alkanes of at least 4 members (excludes halogenated alkanes) is 29. The Morgan fingerprint density at radius 3 is 1.15 bits per heavy atom. The van der Waals surface area contributed by atoms with Crippen LogP contribution < -0.4 is 0 Å². The van der Waals surface area contributed by atoms with Crippen LogP contribution in [0.3, 0.4) is 0 Å². The minimum Gasteiger partial charge on any atom is -0.462 e. The van der Waals surface area contributed by atoms with Gasteiger partial charge in [-0.3, -0.25) is 14.1 Å². The first kappa shape index (κ1) is 51.0. The van der Waals surface area contributed by atoms with E-state index in [0.717, 1.165) is 38.0 Å². The lowest BCUT2D eigenvalue weighted by atomic mass is 10.0. The van der Waals surface area contributed by atoms with Crippen molar-refractivity contribution in [3.05, 3.63) is 0 Å². The third kappa shape index (κ3) is 41.8. The number of hydrogen-bond donors (Lipinski definition) is 2. The second kappa shape index (κ2) is 38.3. The molecule has 1 atom stereocenters. The molecule has 0 heterocycles. The van der Waals surface area contributed by atoms with Crippen molar-refractivity contribution in [3.63, 3.8) is 0 Å². The normalized spacial score (nSPS) is 12.4. The second-order valence-electron chi connectivity index (χ2n) is 15.9. The predicted molar refractivity (Wildman–Crippen MR) is 216 cm³/mol. The molecule has 0 aliphatic rings. The molecule has 0 saturated heterocycles. The van der Waals surface area contributed by atoms with Gasteiger partial charge in [-0.15, -0.1) is 0 Å². The number of ether oxygens (including phenoxy) is 2. The van der Waals surface area contributed by atoms with Crippen molar-refractivity contribution in [3.8, 4) is 0 Å². The Morgan fingerprint density at radius 1 is 0.481 bits per heavy atom. The summed E-state index contributed by atoms with van der Waals surface area (Å²) >= 11 is 0. The lowest BCUT2D eigenvalue weighted by molar-refractivity contribution is -0.161. The van der Waals surface area contributed by atoms with E-state index in [-0.39, 0.29) is 19.4 Å². The first-order valence-electron chi connectivity index (χ1n) is 22.2. The number of esters is 2. The average Bonchev–Trinajstić information content (AvgIpc) is 3.10. The van der Waals surface area contributed by atoms with Gasteiger partial charge in [0.05, 0.1) is 6.61 Å². The van der Waals surface area contributed by atoms with E-state index in [1.165, 1.54) is 167 Å². The van der Waals surface area contributed by atoms with Crippen LogP contribution in [0.2, 0.25) is 0 Å². The first-order chi connectivity index (χ1) is 25.1. The van der Waals surface area contributed by atoms with E-state index in [2.05, 4.69) is 25.3 Å². The standard InChI is InChI=1S/C43H85O8P/c1-4-5-6-7-8-9-10-11-12-15-18-21-24-27-30-33-36-42(44)49-38-41(39-50-52(46,47)48)51-43(45)37-34-31-28-25-22-19-16-13-14-17-20-23-26-29-32-35-40(2)3/h40-41H,4-39H2,1-3H3,(H2,46,47,48)/t41-/m1/s1. The fourth-order valence-corrected chi connectivity index (χ4v) is 7.10. The number of hydrogen-bond acceptors (Lipinski definition) is 6. The van der Waals surface area contributed by atoms with Crippen LogP contribution in [0.1, 0.15) is 239 Å². The fourth-order valence-electron chi connectivity index (χ4n) is 6.74. The number of phosphoric ester groups is 1. The number of carbonyl (C=O) groups is 2. The molecule has 0 fully saturated rings. The minimum atomic E-state index is -4.75. The van der Waals surface area contributed by atoms with Gasteiger partial charge in [0.2, 0.25) is 0 Å². The van der Waals surface area contributed by atoms with Crippen molar-refractivity contribution in [2.24, 2.45) is 5.92 Å². The van der Waals surface area contributed by atoms with Gasteiger partial charge in [0.25, 0.3) is 0 Å². The van der Waals surface area contributed by atoms with Crippen LogP contribution in [0.15, 0.2) is 0 Å². The van der Waals surface area contributed by atoms with Gasteiger partial charge in [-0.25, -0.2) is 4.57 Å². The Hall–Kier alpha value is -0.950. The molecule has 0 rings (SSSR count). The molecule has 0 aliphatic heterocycles. The van der Waals surface area contributed by atoms with E-state index in [1.54, 1.807) is 0 Å². The second-order valence-corrected chi connectivity index (χ2v) is 17.1. The van der Waals surface area contributed by atoms with Crippen LogP contribution in [-0.2, 0) is 28.2 Å². The number of carbonyl (C=O) groups excluding carboxylic acids is 2. The van der Waals surface area contributed by atoms with E-state index >= 15 is 0 Å². The maximum Gasteiger partial charge on any atom is 0.469 e. The number of rotatable bonds is 41. The highest BCUT2D eigenvalue weighted by atomic mass is 31.2. The third-order valence-corrected chi connectivity index (χ3v) is 10.5. The van der Waals surface area contributed by atoms with Gasteiger partial charge in [-0.05, 0) is 18.8 Å². The monoisotopic (exact) mass is 761 g/mol. The summed E-state index contributed by atoms with van der Waals surface area (Å²) in [5.74, 6) is -0.0302.